The molecule has 7 heteroatoms. The van der Waals surface area contributed by atoms with Crippen LogP contribution in [0.3, 0.4) is 0 Å². The van der Waals surface area contributed by atoms with Gasteiger partial charge in [-0.15, -0.1) is 11.3 Å². The van der Waals surface area contributed by atoms with E-state index in [1.807, 2.05) is 29.5 Å². The smallest absolute Gasteiger partial charge is 0.227 e. The van der Waals surface area contributed by atoms with Crippen LogP contribution in [-0.2, 0) is 11.2 Å². The minimum atomic E-state index is 0.175. The van der Waals surface area contributed by atoms with Crippen molar-refractivity contribution in [3.8, 4) is 10.7 Å². The lowest BCUT2D eigenvalue weighted by Gasteiger charge is -2.24. The molecule has 1 N–H and O–H groups in total. The topological polar surface area (TPSA) is 71.3 Å². The molecule has 2 aromatic rings. The van der Waals surface area contributed by atoms with Gasteiger partial charge in [0, 0.05) is 32.0 Å². The monoisotopic (exact) mass is 320 g/mol. The molecule has 1 amide bonds. The third kappa shape index (κ3) is 3.36. The van der Waals surface area contributed by atoms with Crippen molar-refractivity contribution in [1.29, 1.82) is 0 Å². The van der Waals surface area contributed by atoms with Crippen LogP contribution in [0.5, 0.6) is 0 Å². The second-order valence-electron chi connectivity index (χ2n) is 5.43. The van der Waals surface area contributed by atoms with E-state index in [2.05, 4.69) is 15.5 Å². The van der Waals surface area contributed by atoms with Gasteiger partial charge in [0.15, 0.2) is 0 Å². The molecule has 0 bridgehead atoms. The van der Waals surface area contributed by atoms with E-state index in [0.717, 1.165) is 30.8 Å². The summed E-state index contributed by atoms with van der Waals surface area (Å²) in [7, 11) is 1.92. The van der Waals surface area contributed by atoms with Gasteiger partial charge in [0.25, 0.3) is 0 Å². The number of amides is 1. The van der Waals surface area contributed by atoms with Crippen LogP contribution in [0, 0.1) is 0 Å². The molecule has 3 heterocycles. The van der Waals surface area contributed by atoms with Gasteiger partial charge in [0.05, 0.1) is 4.88 Å². The average Bonchev–Trinajstić information content (AvgIpc) is 3.25. The normalized spacial score (nSPS) is 18.0. The van der Waals surface area contributed by atoms with Crippen LogP contribution in [0.15, 0.2) is 22.0 Å². The Labute approximate surface area is 133 Å². The number of aromatic nitrogens is 2. The Kier molecular flexibility index (Phi) is 4.84. The largest absolute Gasteiger partial charge is 0.339 e. The third-order valence-electron chi connectivity index (χ3n) is 3.90. The van der Waals surface area contributed by atoms with Gasteiger partial charge < -0.3 is 14.7 Å². The highest BCUT2D eigenvalue weighted by Gasteiger charge is 2.27. The molecule has 1 atom stereocenters. The lowest BCUT2D eigenvalue weighted by molar-refractivity contribution is -0.132. The van der Waals surface area contributed by atoms with Crippen LogP contribution in [0.1, 0.15) is 25.2 Å². The lowest BCUT2D eigenvalue weighted by Crippen LogP contribution is -2.40. The zero-order valence-corrected chi connectivity index (χ0v) is 13.4. The minimum Gasteiger partial charge on any atom is -0.339 e. The van der Waals surface area contributed by atoms with Crippen LogP contribution in [-0.4, -0.2) is 47.1 Å². The van der Waals surface area contributed by atoms with E-state index >= 15 is 0 Å². The Hall–Kier alpha value is -1.73. The molecule has 0 radical (unpaired) electrons. The number of carbonyl (C=O) groups excluding carboxylic acids is 1. The van der Waals surface area contributed by atoms with Crippen LogP contribution in [0.4, 0.5) is 0 Å². The minimum absolute atomic E-state index is 0.175. The summed E-state index contributed by atoms with van der Waals surface area (Å²) in [5.74, 6) is 1.31. The van der Waals surface area contributed by atoms with Crippen molar-refractivity contribution < 1.29 is 9.32 Å². The summed E-state index contributed by atoms with van der Waals surface area (Å²) in [5.41, 5.74) is 0. The first-order chi connectivity index (χ1) is 10.8. The molecule has 2 aromatic heterocycles. The number of nitrogens with zero attached hydrogens (tertiary/aromatic N) is 3. The van der Waals surface area contributed by atoms with Crippen LogP contribution >= 0.6 is 11.3 Å². The third-order valence-corrected chi connectivity index (χ3v) is 4.77. The Morgan fingerprint density at radius 1 is 1.59 bits per heavy atom. The first kappa shape index (κ1) is 15.2. The fourth-order valence-electron chi connectivity index (χ4n) is 2.83. The van der Waals surface area contributed by atoms with Crippen molar-refractivity contribution in [3.05, 3.63) is 23.4 Å². The van der Waals surface area contributed by atoms with E-state index in [1.54, 1.807) is 11.3 Å². The van der Waals surface area contributed by atoms with Crippen LogP contribution < -0.4 is 5.32 Å². The number of likely N-dealkylation sites (N-methyl/N-ethyl adjacent to an activating group) is 1. The van der Waals surface area contributed by atoms with E-state index in [0.29, 0.717) is 30.6 Å². The fraction of sp³-hybridized carbons (Fsp3) is 0.533. The number of likely N-dealkylation sites (tertiary alicyclic amines) is 1. The second-order valence-corrected chi connectivity index (χ2v) is 6.38. The summed E-state index contributed by atoms with van der Waals surface area (Å²) < 4.78 is 5.24. The zero-order valence-electron chi connectivity index (χ0n) is 12.6. The fourth-order valence-corrected chi connectivity index (χ4v) is 3.48. The molecular formula is C15H20N4O2S. The van der Waals surface area contributed by atoms with E-state index in [1.165, 1.54) is 0 Å². The Balaban J connectivity index is 1.55. The standard InChI is InChI=1S/C15H20N4O2S/c1-16-10-11-4-2-8-19(11)14(20)7-6-13-17-15(18-21-13)12-5-3-9-22-12/h3,5,9,11,16H,2,4,6-8,10H2,1H3. The second kappa shape index (κ2) is 7.02. The number of aryl methyl sites for hydroxylation is 1. The number of rotatable bonds is 6. The number of thiophene rings is 1. The Bertz CT molecular complexity index is 611. The lowest BCUT2D eigenvalue weighted by atomic mass is 10.2. The molecule has 118 valence electrons. The summed E-state index contributed by atoms with van der Waals surface area (Å²) in [6.07, 6.45) is 3.09. The van der Waals surface area contributed by atoms with E-state index < -0.39 is 0 Å². The molecule has 1 fully saturated rings. The van der Waals surface area contributed by atoms with E-state index in [9.17, 15) is 4.79 Å². The van der Waals surface area contributed by atoms with Gasteiger partial charge in [-0.25, -0.2) is 0 Å². The molecule has 1 saturated heterocycles. The highest BCUT2D eigenvalue weighted by atomic mass is 32.1. The van der Waals surface area contributed by atoms with Crippen molar-refractivity contribution in [2.24, 2.45) is 0 Å². The number of nitrogens with one attached hydrogen (secondary N) is 1. The average molecular weight is 320 g/mol. The van der Waals surface area contributed by atoms with Crippen molar-refractivity contribution >= 4 is 17.2 Å². The van der Waals surface area contributed by atoms with Gasteiger partial charge in [-0.1, -0.05) is 11.2 Å². The molecule has 0 saturated carbocycles. The predicted molar refractivity (Wildman–Crippen MR) is 84.6 cm³/mol. The number of hydrogen-bond donors (Lipinski definition) is 1. The van der Waals surface area contributed by atoms with Crippen molar-refractivity contribution in [2.45, 2.75) is 31.7 Å². The first-order valence-corrected chi connectivity index (χ1v) is 8.46. The van der Waals surface area contributed by atoms with Crippen molar-refractivity contribution in [2.75, 3.05) is 20.1 Å². The summed E-state index contributed by atoms with van der Waals surface area (Å²) in [4.78, 5) is 19.7. The molecule has 3 rings (SSSR count). The molecule has 0 aromatic carbocycles. The quantitative estimate of drug-likeness (QED) is 0.881. The first-order valence-electron chi connectivity index (χ1n) is 7.58. The van der Waals surface area contributed by atoms with E-state index in [-0.39, 0.29) is 5.91 Å². The maximum Gasteiger partial charge on any atom is 0.227 e. The summed E-state index contributed by atoms with van der Waals surface area (Å²) in [6.45, 7) is 1.71. The predicted octanol–water partition coefficient (Wildman–Crippen LogP) is 1.94. The van der Waals surface area contributed by atoms with Crippen molar-refractivity contribution in [1.82, 2.24) is 20.4 Å². The summed E-state index contributed by atoms with van der Waals surface area (Å²) in [6, 6.07) is 4.23. The maximum absolute atomic E-state index is 12.3. The Morgan fingerprint density at radius 2 is 2.50 bits per heavy atom. The molecule has 0 aliphatic carbocycles. The SMILES string of the molecule is CNCC1CCCN1C(=O)CCc1nc(-c2cccs2)no1. The van der Waals surface area contributed by atoms with Gasteiger partial charge in [0.2, 0.25) is 17.6 Å². The van der Waals surface area contributed by atoms with Gasteiger partial charge in [0.1, 0.15) is 0 Å². The Morgan fingerprint density at radius 3 is 3.27 bits per heavy atom. The van der Waals surface area contributed by atoms with Gasteiger partial charge in [-0.3, -0.25) is 4.79 Å². The van der Waals surface area contributed by atoms with Crippen LogP contribution in [0.2, 0.25) is 0 Å². The van der Waals surface area contributed by atoms with Gasteiger partial charge in [-0.05, 0) is 31.3 Å². The van der Waals surface area contributed by atoms with Crippen molar-refractivity contribution in [3.63, 3.8) is 0 Å². The molecule has 1 aliphatic heterocycles. The van der Waals surface area contributed by atoms with Gasteiger partial charge >= 0.3 is 0 Å². The molecule has 1 unspecified atom stereocenters. The highest BCUT2D eigenvalue weighted by Crippen LogP contribution is 2.22. The molecule has 22 heavy (non-hydrogen) atoms. The van der Waals surface area contributed by atoms with Gasteiger partial charge in [-0.2, -0.15) is 4.98 Å². The molecular weight excluding hydrogens is 300 g/mol. The highest BCUT2D eigenvalue weighted by molar-refractivity contribution is 7.13. The summed E-state index contributed by atoms with van der Waals surface area (Å²) in [5, 5.41) is 9.10. The molecule has 0 spiro atoms. The van der Waals surface area contributed by atoms with E-state index in [4.69, 9.17) is 4.52 Å². The maximum atomic E-state index is 12.3. The number of carbonyl (C=O) groups is 1. The van der Waals surface area contributed by atoms with Crippen LogP contribution in [0.25, 0.3) is 10.7 Å². The molecule has 6 nitrogen and oxygen atoms in total. The zero-order chi connectivity index (χ0) is 15.4. The summed E-state index contributed by atoms with van der Waals surface area (Å²) >= 11 is 1.57. The molecule has 1 aliphatic rings. The number of hydrogen-bond acceptors (Lipinski definition) is 6.